The quantitative estimate of drug-likeness (QED) is 0.425. The molecule has 1 fully saturated rings. The summed E-state index contributed by atoms with van der Waals surface area (Å²) in [6, 6.07) is 20.7. The van der Waals surface area contributed by atoms with Crippen LogP contribution in [0.25, 0.3) is 0 Å². The van der Waals surface area contributed by atoms with Gasteiger partial charge in [0.2, 0.25) is 0 Å². The third-order valence-corrected chi connectivity index (χ3v) is 7.10. The minimum Gasteiger partial charge on any atom is -0.368 e. The van der Waals surface area contributed by atoms with Crippen LogP contribution < -0.4 is 4.90 Å². The SMILES string of the molecule is Cc1ccc(N2CCN(C(=O)c3ccc4c(c3)N=Cc3ccccc3S4)CC2)c(C)c1. The van der Waals surface area contributed by atoms with E-state index in [2.05, 4.69) is 54.1 Å². The molecule has 3 aromatic rings. The molecule has 1 saturated heterocycles. The first-order valence-electron chi connectivity index (χ1n) is 10.6. The van der Waals surface area contributed by atoms with E-state index in [0.717, 1.165) is 42.3 Å². The molecule has 5 rings (SSSR count). The fraction of sp³-hybridized carbons (Fsp3) is 0.231. The van der Waals surface area contributed by atoms with Gasteiger partial charge in [0.05, 0.1) is 5.69 Å². The van der Waals surface area contributed by atoms with Crippen molar-refractivity contribution in [2.45, 2.75) is 23.6 Å². The van der Waals surface area contributed by atoms with E-state index >= 15 is 0 Å². The zero-order chi connectivity index (χ0) is 21.4. The fourth-order valence-electron chi connectivity index (χ4n) is 4.27. The topological polar surface area (TPSA) is 35.9 Å². The Labute approximate surface area is 187 Å². The number of nitrogens with zero attached hydrogens (tertiary/aromatic N) is 3. The molecule has 2 aliphatic rings. The molecule has 0 aromatic heterocycles. The van der Waals surface area contributed by atoms with E-state index in [1.165, 1.54) is 21.7 Å². The maximum Gasteiger partial charge on any atom is 0.254 e. The summed E-state index contributed by atoms with van der Waals surface area (Å²) in [5, 5.41) is 0. The molecule has 0 aliphatic carbocycles. The molecule has 0 saturated carbocycles. The van der Waals surface area contributed by atoms with Crippen molar-refractivity contribution < 1.29 is 4.79 Å². The van der Waals surface area contributed by atoms with E-state index in [0.29, 0.717) is 5.56 Å². The zero-order valence-corrected chi connectivity index (χ0v) is 18.7. The normalized spacial score (nSPS) is 15.3. The van der Waals surface area contributed by atoms with Crippen LogP contribution in [0.3, 0.4) is 0 Å². The highest BCUT2D eigenvalue weighted by Gasteiger charge is 2.24. The van der Waals surface area contributed by atoms with Crippen molar-refractivity contribution in [3.05, 3.63) is 82.9 Å². The summed E-state index contributed by atoms with van der Waals surface area (Å²) >= 11 is 1.70. The van der Waals surface area contributed by atoms with Crippen LogP contribution in [0.1, 0.15) is 27.0 Å². The number of piperazine rings is 1. The Hall–Kier alpha value is -3.05. The molecule has 4 nitrogen and oxygen atoms in total. The highest BCUT2D eigenvalue weighted by atomic mass is 32.2. The molecular formula is C26H25N3OS. The van der Waals surface area contributed by atoms with Gasteiger partial charge >= 0.3 is 0 Å². The fourth-order valence-corrected chi connectivity index (χ4v) is 5.24. The van der Waals surface area contributed by atoms with Gasteiger partial charge < -0.3 is 9.80 Å². The second kappa shape index (κ2) is 8.23. The second-order valence-electron chi connectivity index (χ2n) is 8.15. The van der Waals surface area contributed by atoms with E-state index in [1.807, 2.05) is 41.4 Å². The Morgan fingerprint density at radius 1 is 0.903 bits per heavy atom. The van der Waals surface area contributed by atoms with Crippen LogP contribution in [0.2, 0.25) is 0 Å². The van der Waals surface area contributed by atoms with Gasteiger partial charge in [-0.05, 0) is 49.7 Å². The van der Waals surface area contributed by atoms with Crippen molar-refractivity contribution >= 4 is 35.3 Å². The van der Waals surface area contributed by atoms with Gasteiger partial charge in [0, 0.05) is 59.0 Å². The number of aryl methyl sites for hydroxylation is 2. The van der Waals surface area contributed by atoms with Crippen LogP contribution in [0, 0.1) is 13.8 Å². The van der Waals surface area contributed by atoms with Crippen LogP contribution in [0.4, 0.5) is 11.4 Å². The number of carbonyl (C=O) groups is 1. The lowest BCUT2D eigenvalue weighted by Crippen LogP contribution is -2.49. The molecule has 1 amide bonds. The first-order valence-corrected chi connectivity index (χ1v) is 11.5. The molecule has 31 heavy (non-hydrogen) atoms. The van der Waals surface area contributed by atoms with E-state index in [1.54, 1.807) is 11.8 Å². The van der Waals surface area contributed by atoms with Gasteiger partial charge in [-0.2, -0.15) is 0 Å². The number of benzene rings is 3. The monoisotopic (exact) mass is 427 g/mol. The summed E-state index contributed by atoms with van der Waals surface area (Å²) in [6.45, 7) is 7.44. The van der Waals surface area contributed by atoms with Gasteiger partial charge in [-0.3, -0.25) is 9.79 Å². The zero-order valence-electron chi connectivity index (χ0n) is 17.8. The number of anilines is 1. The first-order chi connectivity index (χ1) is 15.1. The van der Waals surface area contributed by atoms with Crippen molar-refractivity contribution in [2.24, 2.45) is 4.99 Å². The number of hydrogen-bond acceptors (Lipinski definition) is 4. The van der Waals surface area contributed by atoms with Crippen LogP contribution in [0.5, 0.6) is 0 Å². The predicted octanol–water partition coefficient (Wildman–Crippen LogP) is 5.48. The number of carbonyl (C=O) groups excluding carboxylic acids is 1. The molecular weight excluding hydrogens is 402 g/mol. The molecule has 0 N–H and O–H groups in total. The standard InChI is InChI=1S/C26H25N3OS/c1-18-7-9-23(19(2)15-18)28-11-13-29(14-12-28)26(30)20-8-10-25-22(16-20)27-17-21-5-3-4-6-24(21)31-25/h3-10,15-17H,11-14H2,1-2H3. The van der Waals surface area contributed by atoms with Crippen LogP contribution in [0.15, 0.2) is 75.4 Å². The predicted molar refractivity (Wildman–Crippen MR) is 128 cm³/mol. The summed E-state index contributed by atoms with van der Waals surface area (Å²) in [6.07, 6.45) is 1.89. The Morgan fingerprint density at radius 2 is 1.71 bits per heavy atom. The highest BCUT2D eigenvalue weighted by molar-refractivity contribution is 7.99. The van der Waals surface area contributed by atoms with Crippen LogP contribution in [-0.4, -0.2) is 43.2 Å². The van der Waals surface area contributed by atoms with Crippen molar-refractivity contribution in [3.63, 3.8) is 0 Å². The van der Waals surface area contributed by atoms with Gasteiger partial charge in [-0.15, -0.1) is 0 Å². The van der Waals surface area contributed by atoms with E-state index in [9.17, 15) is 4.79 Å². The van der Waals surface area contributed by atoms with E-state index in [-0.39, 0.29) is 5.91 Å². The summed E-state index contributed by atoms with van der Waals surface area (Å²) in [7, 11) is 0. The number of fused-ring (bicyclic) bond motifs is 2. The van der Waals surface area contributed by atoms with Gasteiger partial charge in [-0.25, -0.2) is 0 Å². The van der Waals surface area contributed by atoms with Crippen molar-refractivity contribution in [1.29, 1.82) is 0 Å². The van der Waals surface area contributed by atoms with Gasteiger partial charge in [0.25, 0.3) is 5.91 Å². The minimum atomic E-state index is 0.0880. The third kappa shape index (κ3) is 3.98. The van der Waals surface area contributed by atoms with Crippen molar-refractivity contribution in [3.8, 4) is 0 Å². The van der Waals surface area contributed by atoms with Gasteiger partial charge in [0.15, 0.2) is 0 Å². The largest absolute Gasteiger partial charge is 0.368 e. The molecule has 0 radical (unpaired) electrons. The molecule has 0 unspecified atom stereocenters. The van der Waals surface area contributed by atoms with Crippen LogP contribution in [-0.2, 0) is 0 Å². The highest BCUT2D eigenvalue weighted by Crippen LogP contribution is 2.39. The summed E-state index contributed by atoms with van der Waals surface area (Å²) in [5.74, 6) is 0.0880. The van der Waals surface area contributed by atoms with E-state index < -0.39 is 0 Å². The van der Waals surface area contributed by atoms with Gasteiger partial charge in [-0.1, -0.05) is 47.7 Å². The minimum absolute atomic E-state index is 0.0880. The molecule has 5 heteroatoms. The molecule has 156 valence electrons. The van der Waals surface area contributed by atoms with Gasteiger partial charge in [0.1, 0.15) is 0 Å². The maximum atomic E-state index is 13.2. The number of rotatable bonds is 2. The summed E-state index contributed by atoms with van der Waals surface area (Å²) < 4.78 is 0. The van der Waals surface area contributed by atoms with E-state index in [4.69, 9.17) is 0 Å². The summed E-state index contributed by atoms with van der Waals surface area (Å²) in [4.78, 5) is 24.5. The molecule has 2 aliphatic heterocycles. The number of amides is 1. The smallest absolute Gasteiger partial charge is 0.254 e. The molecule has 0 spiro atoms. The summed E-state index contributed by atoms with van der Waals surface area (Å²) in [5.41, 5.74) is 6.53. The molecule has 0 atom stereocenters. The third-order valence-electron chi connectivity index (χ3n) is 5.95. The number of hydrogen-bond donors (Lipinski definition) is 0. The molecule has 3 aromatic carbocycles. The second-order valence-corrected chi connectivity index (χ2v) is 9.23. The Morgan fingerprint density at radius 3 is 2.52 bits per heavy atom. The Bertz CT molecular complexity index is 1180. The lowest BCUT2D eigenvalue weighted by molar-refractivity contribution is 0.0746. The lowest BCUT2D eigenvalue weighted by Gasteiger charge is -2.37. The Balaban J connectivity index is 1.30. The Kier molecular flexibility index (Phi) is 5.28. The van der Waals surface area contributed by atoms with Crippen LogP contribution >= 0.6 is 11.8 Å². The maximum absolute atomic E-state index is 13.2. The lowest BCUT2D eigenvalue weighted by atomic mass is 10.1. The molecule has 2 heterocycles. The van der Waals surface area contributed by atoms with Crippen molar-refractivity contribution in [2.75, 3.05) is 31.1 Å². The average Bonchev–Trinajstić information content (AvgIpc) is 2.97. The average molecular weight is 428 g/mol. The molecule has 0 bridgehead atoms. The number of aliphatic imine (C=N–C) groups is 1. The first kappa shape index (κ1) is 19.9. The van der Waals surface area contributed by atoms with Crippen molar-refractivity contribution in [1.82, 2.24) is 4.90 Å².